The number of rotatable bonds is 6. The number of ether oxygens (including phenoxy) is 2. The van der Waals surface area contributed by atoms with Gasteiger partial charge >= 0.3 is 0 Å². The fourth-order valence-electron chi connectivity index (χ4n) is 2.70. The first-order valence-electron chi connectivity index (χ1n) is 9.09. The van der Waals surface area contributed by atoms with Crippen molar-refractivity contribution in [1.82, 2.24) is 15.0 Å². The maximum absolute atomic E-state index is 6.15. The van der Waals surface area contributed by atoms with E-state index in [1.165, 1.54) is 0 Å². The van der Waals surface area contributed by atoms with Gasteiger partial charge in [0.25, 0.3) is 0 Å². The van der Waals surface area contributed by atoms with E-state index in [2.05, 4.69) is 15.0 Å². The lowest BCUT2D eigenvalue weighted by atomic mass is 10.2. The first kappa shape index (κ1) is 18.9. The molecule has 0 bridgehead atoms. The minimum absolute atomic E-state index is 0.288. The van der Waals surface area contributed by atoms with Crippen LogP contribution in [0.4, 0.5) is 0 Å². The molecule has 0 N–H and O–H groups in total. The molecular weight excluding hydrogens is 386 g/mol. The first-order chi connectivity index (χ1) is 14.2. The molecule has 0 saturated carbocycles. The second kappa shape index (κ2) is 8.71. The Labute approximate surface area is 174 Å². The molecule has 144 valence electrons. The van der Waals surface area contributed by atoms with Gasteiger partial charge in [0.15, 0.2) is 5.82 Å². The number of aryl methyl sites for hydroxylation is 1. The lowest BCUT2D eigenvalue weighted by Crippen LogP contribution is -1.97. The van der Waals surface area contributed by atoms with E-state index >= 15 is 0 Å². The number of benzene rings is 2. The van der Waals surface area contributed by atoms with Crippen LogP contribution in [0, 0.1) is 6.92 Å². The van der Waals surface area contributed by atoms with Crippen LogP contribution in [0.15, 0.2) is 78.9 Å². The second-order valence-corrected chi connectivity index (χ2v) is 6.75. The average Bonchev–Trinajstić information content (AvgIpc) is 2.74. The maximum atomic E-state index is 6.15. The van der Waals surface area contributed by atoms with Gasteiger partial charge in [0.05, 0.1) is 0 Å². The molecule has 2 aromatic heterocycles. The summed E-state index contributed by atoms with van der Waals surface area (Å²) in [6, 6.07) is 24.6. The van der Waals surface area contributed by atoms with Gasteiger partial charge < -0.3 is 9.47 Å². The van der Waals surface area contributed by atoms with Gasteiger partial charge in [-0.25, -0.2) is 9.97 Å². The Morgan fingerprint density at radius 2 is 1.55 bits per heavy atom. The number of halogens is 1. The Kier molecular flexibility index (Phi) is 5.68. The molecule has 2 heterocycles. The molecule has 6 heteroatoms. The van der Waals surface area contributed by atoms with E-state index in [1.807, 2.05) is 79.7 Å². The highest BCUT2D eigenvalue weighted by molar-refractivity contribution is 6.29. The lowest BCUT2D eigenvalue weighted by molar-refractivity contribution is 0.305. The first-order valence-corrected chi connectivity index (χ1v) is 9.47. The van der Waals surface area contributed by atoms with Gasteiger partial charge in [0.1, 0.15) is 29.0 Å². The number of nitrogens with zero attached hydrogens (tertiary/aromatic N) is 3. The third kappa shape index (κ3) is 5.09. The van der Waals surface area contributed by atoms with Crippen molar-refractivity contribution in [3.63, 3.8) is 0 Å². The average molecular weight is 404 g/mol. The highest BCUT2D eigenvalue weighted by atomic mass is 35.5. The SMILES string of the molecule is Cc1cccc(-c2nc(Cl)cc(Oc3ccc(OCc4ccccc4)cc3)n2)n1. The van der Waals surface area contributed by atoms with E-state index in [4.69, 9.17) is 21.1 Å². The summed E-state index contributed by atoms with van der Waals surface area (Å²) < 4.78 is 11.6. The molecule has 0 spiro atoms. The van der Waals surface area contributed by atoms with Crippen molar-refractivity contribution in [3.05, 3.63) is 95.3 Å². The van der Waals surface area contributed by atoms with Crippen LogP contribution in [0.2, 0.25) is 5.15 Å². The van der Waals surface area contributed by atoms with Crippen LogP contribution in [0.1, 0.15) is 11.3 Å². The molecule has 2 aromatic carbocycles. The third-order valence-corrected chi connectivity index (χ3v) is 4.28. The highest BCUT2D eigenvalue weighted by Gasteiger charge is 2.09. The van der Waals surface area contributed by atoms with Crippen LogP contribution in [0.5, 0.6) is 17.4 Å². The minimum Gasteiger partial charge on any atom is -0.489 e. The van der Waals surface area contributed by atoms with E-state index in [1.54, 1.807) is 6.07 Å². The van der Waals surface area contributed by atoms with E-state index in [-0.39, 0.29) is 5.15 Å². The number of hydrogen-bond acceptors (Lipinski definition) is 5. The molecular formula is C23H18ClN3O2. The number of hydrogen-bond donors (Lipinski definition) is 0. The molecule has 0 atom stereocenters. The van der Waals surface area contributed by atoms with E-state index in [0.717, 1.165) is 17.0 Å². The smallest absolute Gasteiger partial charge is 0.224 e. The number of pyridine rings is 1. The Morgan fingerprint density at radius 1 is 0.793 bits per heavy atom. The van der Waals surface area contributed by atoms with E-state index in [0.29, 0.717) is 29.8 Å². The quantitative estimate of drug-likeness (QED) is 0.377. The topological polar surface area (TPSA) is 57.1 Å². The molecule has 4 aromatic rings. The Morgan fingerprint density at radius 3 is 2.31 bits per heavy atom. The molecule has 4 rings (SSSR count). The maximum Gasteiger partial charge on any atom is 0.224 e. The monoisotopic (exact) mass is 403 g/mol. The van der Waals surface area contributed by atoms with Crippen molar-refractivity contribution in [2.75, 3.05) is 0 Å². The molecule has 0 radical (unpaired) electrons. The molecule has 0 fully saturated rings. The molecule has 29 heavy (non-hydrogen) atoms. The minimum atomic E-state index is 0.288. The predicted octanol–water partition coefficient (Wildman–Crippen LogP) is 5.87. The summed E-state index contributed by atoms with van der Waals surface area (Å²) in [7, 11) is 0. The summed E-state index contributed by atoms with van der Waals surface area (Å²) in [6.07, 6.45) is 0. The molecule has 0 saturated heterocycles. The zero-order valence-electron chi connectivity index (χ0n) is 15.7. The molecule has 5 nitrogen and oxygen atoms in total. The fraction of sp³-hybridized carbons (Fsp3) is 0.0870. The van der Waals surface area contributed by atoms with Gasteiger partial charge in [0, 0.05) is 11.8 Å². The molecule has 0 aliphatic carbocycles. The molecule has 0 amide bonds. The van der Waals surface area contributed by atoms with Crippen molar-refractivity contribution >= 4 is 11.6 Å². The normalized spacial score (nSPS) is 10.6. The summed E-state index contributed by atoms with van der Waals surface area (Å²) in [5, 5.41) is 0.288. The molecule has 0 unspecified atom stereocenters. The summed E-state index contributed by atoms with van der Waals surface area (Å²) in [5.41, 5.74) is 2.63. The van der Waals surface area contributed by atoms with Gasteiger partial charge in [-0.05, 0) is 48.9 Å². The summed E-state index contributed by atoms with van der Waals surface area (Å²) in [5.74, 6) is 2.14. The van der Waals surface area contributed by atoms with Crippen molar-refractivity contribution in [3.8, 4) is 28.9 Å². The van der Waals surface area contributed by atoms with Crippen LogP contribution in [-0.2, 0) is 6.61 Å². The van der Waals surface area contributed by atoms with Crippen molar-refractivity contribution in [2.45, 2.75) is 13.5 Å². The zero-order chi connectivity index (χ0) is 20.1. The van der Waals surface area contributed by atoms with Crippen molar-refractivity contribution in [1.29, 1.82) is 0 Å². The third-order valence-electron chi connectivity index (χ3n) is 4.08. The van der Waals surface area contributed by atoms with Crippen LogP contribution < -0.4 is 9.47 Å². The second-order valence-electron chi connectivity index (χ2n) is 6.36. The molecule has 0 aliphatic rings. The summed E-state index contributed by atoms with van der Waals surface area (Å²) in [4.78, 5) is 13.1. The predicted molar refractivity (Wildman–Crippen MR) is 112 cm³/mol. The van der Waals surface area contributed by atoms with E-state index < -0.39 is 0 Å². The highest BCUT2D eigenvalue weighted by Crippen LogP contribution is 2.26. The van der Waals surface area contributed by atoms with Gasteiger partial charge in [-0.2, -0.15) is 4.98 Å². The van der Waals surface area contributed by atoms with Gasteiger partial charge in [0.2, 0.25) is 5.88 Å². The Hall–Kier alpha value is -3.44. The van der Waals surface area contributed by atoms with Crippen molar-refractivity contribution < 1.29 is 9.47 Å². The molecule has 0 aliphatic heterocycles. The van der Waals surface area contributed by atoms with Crippen molar-refractivity contribution in [2.24, 2.45) is 0 Å². The largest absolute Gasteiger partial charge is 0.489 e. The van der Waals surface area contributed by atoms with Gasteiger partial charge in [-0.1, -0.05) is 48.0 Å². The zero-order valence-corrected chi connectivity index (χ0v) is 16.5. The van der Waals surface area contributed by atoms with Crippen LogP contribution in [-0.4, -0.2) is 15.0 Å². The van der Waals surface area contributed by atoms with Crippen LogP contribution in [0.25, 0.3) is 11.5 Å². The Balaban J connectivity index is 1.46. The van der Waals surface area contributed by atoms with E-state index in [9.17, 15) is 0 Å². The summed E-state index contributed by atoms with van der Waals surface area (Å²) >= 11 is 6.15. The summed E-state index contributed by atoms with van der Waals surface area (Å²) in [6.45, 7) is 2.42. The fourth-order valence-corrected chi connectivity index (χ4v) is 2.87. The number of aromatic nitrogens is 3. The Bertz CT molecular complexity index is 1100. The van der Waals surface area contributed by atoms with Crippen LogP contribution >= 0.6 is 11.6 Å². The van der Waals surface area contributed by atoms with Gasteiger partial charge in [-0.15, -0.1) is 0 Å². The van der Waals surface area contributed by atoms with Crippen LogP contribution in [0.3, 0.4) is 0 Å². The standard InChI is InChI=1S/C23H18ClN3O2/c1-16-6-5-9-20(25-16)23-26-21(24)14-22(27-23)29-19-12-10-18(11-13-19)28-15-17-7-3-2-4-8-17/h2-14H,15H2,1H3. The van der Waals surface area contributed by atoms with Gasteiger partial charge in [-0.3, -0.25) is 0 Å². The lowest BCUT2D eigenvalue weighted by Gasteiger charge is -2.09.